The molecule has 0 N–H and O–H groups in total. The molecular weight excluding hydrogens is 306 g/mol. The third-order valence-corrected chi connectivity index (χ3v) is 5.37. The van der Waals surface area contributed by atoms with E-state index in [4.69, 9.17) is 0 Å². The van der Waals surface area contributed by atoms with Gasteiger partial charge in [-0.3, -0.25) is 4.79 Å². The minimum atomic E-state index is -1.51. The predicted octanol–water partition coefficient (Wildman–Crippen LogP) is 6.32. The van der Waals surface area contributed by atoms with Crippen LogP contribution in [0.15, 0.2) is 30.3 Å². The highest BCUT2D eigenvalue weighted by Gasteiger charge is 2.31. The average molecular weight is 336 g/mol. The van der Waals surface area contributed by atoms with E-state index in [1.54, 1.807) is 30.3 Å². The van der Waals surface area contributed by atoms with Gasteiger partial charge in [0.05, 0.1) is 0 Å². The summed E-state index contributed by atoms with van der Waals surface area (Å²) in [5.41, 5.74) is 0.404. The van der Waals surface area contributed by atoms with Crippen molar-refractivity contribution >= 4 is 5.78 Å². The normalized spacial score (nSPS) is 25.4. The Morgan fingerprint density at radius 1 is 1.17 bits per heavy atom. The number of rotatable bonds is 9. The van der Waals surface area contributed by atoms with Gasteiger partial charge in [0, 0.05) is 5.56 Å². The summed E-state index contributed by atoms with van der Waals surface area (Å²) in [6.45, 7) is 2.18. The van der Waals surface area contributed by atoms with Crippen LogP contribution in [-0.2, 0) is 0 Å². The van der Waals surface area contributed by atoms with E-state index in [0.29, 0.717) is 24.3 Å². The maximum absolute atomic E-state index is 14.4. The number of unbranched alkanes of at least 4 members (excludes halogenated alkanes) is 2. The molecule has 0 aromatic heterocycles. The molecule has 2 unspecified atom stereocenters. The van der Waals surface area contributed by atoms with E-state index in [1.807, 2.05) is 0 Å². The number of Topliss-reactive ketones (excluding diaryl/α,β-unsaturated/α-hetero) is 1. The summed E-state index contributed by atoms with van der Waals surface area (Å²) in [5.74, 6) is -0.0524. The Hall–Kier alpha value is -1.25. The Bertz CT molecular complexity index is 488. The number of hydrogen-bond donors (Lipinski definition) is 0. The zero-order valence-corrected chi connectivity index (χ0v) is 14.7. The molecule has 1 saturated carbocycles. The summed E-state index contributed by atoms with van der Waals surface area (Å²) >= 11 is 0. The van der Waals surface area contributed by atoms with Crippen molar-refractivity contribution in [3.05, 3.63) is 35.9 Å². The lowest BCUT2D eigenvalue weighted by molar-refractivity contribution is 0.0811. The van der Waals surface area contributed by atoms with Gasteiger partial charge in [0.1, 0.15) is 6.17 Å². The Kier molecular flexibility index (Phi) is 7.87. The first-order chi connectivity index (χ1) is 11.6. The summed E-state index contributed by atoms with van der Waals surface area (Å²) in [6.07, 6.45) is 5.52. The van der Waals surface area contributed by atoms with E-state index >= 15 is 0 Å². The van der Waals surface area contributed by atoms with Crippen molar-refractivity contribution < 1.29 is 13.6 Å². The Balaban J connectivity index is 1.73. The first kappa shape index (κ1) is 19.1. The van der Waals surface area contributed by atoms with E-state index < -0.39 is 18.1 Å². The third kappa shape index (κ3) is 5.68. The van der Waals surface area contributed by atoms with Crippen LogP contribution in [0.2, 0.25) is 0 Å². The number of carbonyl (C=O) groups excluding carboxylic acids is 1. The molecule has 0 bridgehead atoms. The van der Waals surface area contributed by atoms with Crippen LogP contribution in [-0.4, -0.2) is 18.1 Å². The highest BCUT2D eigenvalue weighted by atomic mass is 19.1. The van der Waals surface area contributed by atoms with E-state index in [0.717, 1.165) is 19.3 Å². The molecule has 1 aliphatic rings. The standard InChI is InChI=1S/C21H30F2O/c1-2-3-5-8-16-11-12-17(20(23)15-16)13-14-19(22)21(24)18-9-6-4-7-10-18/h4,6-7,9-10,16-17,19-20H,2-3,5,8,11-15H2,1H3/t16-,17+,19?,20?/m0/s1. The van der Waals surface area contributed by atoms with E-state index in [9.17, 15) is 13.6 Å². The number of carbonyl (C=O) groups is 1. The van der Waals surface area contributed by atoms with Gasteiger partial charge < -0.3 is 0 Å². The minimum Gasteiger partial charge on any atom is -0.291 e. The zero-order chi connectivity index (χ0) is 17.4. The van der Waals surface area contributed by atoms with Gasteiger partial charge in [-0.25, -0.2) is 8.78 Å². The van der Waals surface area contributed by atoms with Gasteiger partial charge in [0.25, 0.3) is 0 Å². The lowest BCUT2D eigenvalue weighted by atomic mass is 9.76. The molecule has 4 atom stereocenters. The quantitative estimate of drug-likeness (QED) is 0.381. The van der Waals surface area contributed by atoms with Crippen LogP contribution in [0.3, 0.4) is 0 Å². The van der Waals surface area contributed by atoms with Crippen molar-refractivity contribution in [3.63, 3.8) is 0 Å². The number of hydrogen-bond acceptors (Lipinski definition) is 1. The topological polar surface area (TPSA) is 17.1 Å². The molecule has 0 saturated heterocycles. The molecule has 1 nitrogen and oxygen atoms in total. The van der Waals surface area contributed by atoms with E-state index in [-0.39, 0.29) is 12.3 Å². The summed E-state index contributed by atoms with van der Waals surface area (Å²) in [6, 6.07) is 8.54. The van der Waals surface area contributed by atoms with Crippen molar-refractivity contribution in [2.45, 2.75) is 77.1 Å². The molecule has 1 aromatic carbocycles. The molecule has 0 spiro atoms. The summed E-state index contributed by atoms with van der Waals surface area (Å²) in [5, 5.41) is 0. The maximum Gasteiger partial charge on any atom is 0.196 e. The van der Waals surface area contributed by atoms with Crippen molar-refractivity contribution in [1.29, 1.82) is 0 Å². The summed E-state index contributed by atoms with van der Waals surface area (Å²) in [7, 11) is 0. The monoisotopic (exact) mass is 336 g/mol. The van der Waals surface area contributed by atoms with Gasteiger partial charge in [-0.15, -0.1) is 0 Å². The predicted molar refractivity (Wildman–Crippen MR) is 94.8 cm³/mol. The highest BCUT2D eigenvalue weighted by Crippen LogP contribution is 2.36. The maximum atomic E-state index is 14.4. The number of halogens is 2. The zero-order valence-electron chi connectivity index (χ0n) is 14.7. The van der Waals surface area contributed by atoms with Crippen LogP contribution in [0.4, 0.5) is 8.78 Å². The molecule has 1 aliphatic carbocycles. The molecule has 3 heteroatoms. The van der Waals surface area contributed by atoms with Gasteiger partial charge in [-0.1, -0.05) is 62.9 Å². The van der Waals surface area contributed by atoms with Gasteiger partial charge >= 0.3 is 0 Å². The van der Waals surface area contributed by atoms with E-state index in [1.165, 1.54) is 19.3 Å². The smallest absolute Gasteiger partial charge is 0.196 e. The van der Waals surface area contributed by atoms with E-state index in [2.05, 4.69) is 6.92 Å². The van der Waals surface area contributed by atoms with Crippen molar-refractivity contribution in [2.24, 2.45) is 11.8 Å². The molecule has 0 heterocycles. The van der Waals surface area contributed by atoms with Crippen LogP contribution in [0.1, 0.15) is 75.1 Å². The Morgan fingerprint density at radius 3 is 2.58 bits per heavy atom. The third-order valence-electron chi connectivity index (χ3n) is 5.37. The Morgan fingerprint density at radius 2 is 1.92 bits per heavy atom. The van der Waals surface area contributed by atoms with Gasteiger partial charge in [-0.05, 0) is 43.9 Å². The SMILES string of the molecule is CCCCC[C@H]1CC[C@H](CCC(F)C(=O)c2ccccc2)C(F)C1. The van der Waals surface area contributed by atoms with Crippen LogP contribution in [0.25, 0.3) is 0 Å². The second-order valence-corrected chi connectivity index (χ2v) is 7.23. The highest BCUT2D eigenvalue weighted by molar-refractivity contribution is 5.99. The van der Waals surface area contributed by atoms with Crippen LogP contribution in [0, 0.1) is 11.8 Å². The average Bonchev–Trinajstić information content (AvgIpc) is 2.61. The van der Waals surface area contributed by atoms with Crippen molar-refractivity contribution in [3.8, 4) is 0 Å². The number of alkyl halides is 2. The molecule has 0 amide bonds. The molecular formula is C21H30F2O. The first-order valence-corrected chi connectivity index (χ1v) is 9.49. The summed E-state index contributed by atoms with van der Waals surface area (Å²) in [4.78, 5) is 12.0. The molecule has 1 fully saturated rings. The fraction of sp³-hybridized carbons (Fsp3) is 0.667. The molecule has 0 radical (unpaired) electrons. The number of ketones is 1. The molecule has 134 valence electrons. The van der Waals surface area contributed by atoms with Crippen LogP contribution >= 0.6 is 0 Å². The van der Waals surface area contributed by atoms with Crippen LogP contribution in [0.5, 0.6) is 0 Å². The fourth-order valence-corrected chi connectivity index (χ4v) is 3.80. The first-order valence-electron chi connectivity index (χ1n) is 9.49. The van der Waals surface area contributed by atoms with Crippen molar-refractivity contribution in [1.82, 2.24) is 0 Å². The largest absolute Gasteiger partial charge is 0.291 e. The Labute approximate surface area is 144 Å². The number of benzene rings is 1. The fourth-order valence-electron chi connectivity index (χ4n) is 3.80. The summed E-state index contributed by atoms with van der Waals surface area (Å²) < 4.78 is 28.5. The molecule has 1 aromatic rings. The van der Waals surface area contributed by atoms with Gasteiger partial charge in [0.15, 0.2) is 12.0 Å². The van der Waals surface area contributed by atoms with Gasteiger partial charge in [0.2, 0.25) is 0 Å². The minimum absolute atomic E-state index is 0.0748. The molecule has 24 heavy (non-hydrogen) atoms. The van der Waals surface area contributed by atoms with Crippen LogP contribution < -0.4 is 0 Å². The van der Waals surface area contributed by atoms with Gasteiger partial charge in [-0.2, -0.15) is 0 Å². The molecule has 0 aliphatic heterocycles. The second kappa shape index (κ2) is 9.90. The van der Waals surface area contributed by atoms with Crippen molar-refractivity contribution in [2.75, 3.05) is 0 Å². The lowest BCUT2D eigenvalue weighted by Gasteiger charge is -2.32. The lowest BCUT2D eigenvalue weighted by Crippen LogP contribution is -2.28. The second-order valence-electron chi connectivity index (χ2n) is 7.23. The molecule has 2 rings (SSSR count).